The molecule has 0 unspecified atom stereocenters. The number of halogens is 5. The lowest BCUT2D eigenvalue weighted by atomic mass is 10.3. The van der Waals surface area contributed by atoms with E-state index in [2.05, 4.69) is 4.98 Å². The smallest absolute Gasteiger partial charge is 0.235 e. The third kappa shape index (κ3) is 2.63. The van der Waals surface area contributed by atoms with Crippen LogP contribution < -0.4 is 0 Å². The molecular weight excluding hydrogens is 334 g/mol. The molecule has 0 N–H and O–H groups in total. The number of hydrogen-bond acceptors (Lipinski definition) is 1. The molecule has 1 nitrogen and oxygen atoms in total. The Kier molecular flexibility index (Phi) is 4.12. The van der Waals surface area contributed by atoms with Crippen LogP contribution in [0.25, 0.3) is 0 Å². The predicted molar refractivity (Wildman–Crippen MR) is 56.5 cm³/mol. The zero-order chi connectivity index (χ0) is 10.0. The molecule has 1 rings (SSSR count). The largest absolute Gasteiger partial charge is 0.280 e. The van der Waals surface area contributed by atoms with Gasteiger partial charge in [0.25, 0.3) is 6.43 Å². The van der Waals surface area contributed by atoms with Gasteiger partial charge in [0, 0.05) is 9.13 Å². The Morgan fingerprint density at radius 2 is 2.15 bits per heavy atom. The standard InChI is InChI=1S/C7H4Cl2F2IN/c8-2-3-4(12)1-5(7(10)11)13-6(3)9/h1,7H,2H2. The fourth-order valence-corrected chi connectivity index (χ4v) is 2.51. The van der Waals surface area contributed by atoms with Gasteiger partial charge >= 0.3 is 0 Å². The van der Waals surface area contributed by atoms with E-state index in [0.717, 1.165) is 0 Å². The Hall–Kier alpha value is 0.320. The van der Waals surface area contributed by atoms with E-state index in [1.807, 2.05) is 22.6 Å². The second-order valence-electron chi connectivity index (χ2n) is 2.23. The van der Waals surface area contributed by atoms with Crippen LogP contribution in [0.1, 0.15) is 17.7 Å². The van der Waals surface area contributed by atoms with Gasteiger partial charge in [-0.15, -0.1) is 11.6 Å². The highest BCUT2D eigenvalue weighted by molar-refractivity contribution is 14.1. The fraction of sp³-hybridized carbons (Fsp3) is 0.286. The van der Waals surface area contributed by atoms with E-state index < -0.39 is 6.43 Å². The van der Waals surface area contributed by atoms with Crippen LogP contribution in [0.5, 0.6) is 0 Å². The molecule has 6 heteroatoms. The lowest BCUT2D eigenvalue weighted by Crippen LogP contribution is -1.96. The van der Waals surface area contributed by atoms with Crippen LogP contribution in [0.15, 0.2) is 6.07 Å². The normalized spacial score (nSPS) is 10.9. The van der Waals surface area contributed by atoms with Gasteiger partial charge < -0.3 is 0 Å². The first-order valence-corrected chi connectivity index (χ1v) is 5.24. The topological polar surface area (TPSA) is 12.9 Å². The van der Waals surface area contributed by atoms with Crippen LogP contribution in [0.4, 0.5) is 8.78 Å². The van der Waals surface area contributed by atoms with E-state index in [4.69, 9.17) is 23.2 Å². The van der Waals surface area contributed by atoms with E-state index in [1.54, 1.807) is 0 Å². The molecule has 0 saturated carbocycles. The molecule has 72 valence electrons. The van der Waals surface area contributed by atoms with Crippen molar-refractivity contribution in [2.45, 2.75) is 12.3 Å². The molecule has 13 heavy (non-hydrogen) atoms. The molecule has 0 spiro atoms. The lowest BCUT2D eigenvalue weighted by Gasteiger charge is -2.05. The van der Waals surface area contributed by atoms with Gasteiger partial charge in [0.15, 0.2) is 0 Å². The summed E-state index contributed by atoms with van der Waals surface area (Å²) in [6.45, 7) is 0. The first kappa shape index (κ1) is 11.4. The Bertz CT molecular complexity index is 296. The van der Waals surface area contributed by atoms with Gasteiger partial charge in [-0.25, -0.2) is 13.8 Å². The van der Waals surface area contributed by atoms with Crippen LogP contribution in [0.3, 0.4) is 0 Å². The summed E-state index contributed by atoms with van der Waals surface area (Å²) < 4.78 is 25.0. The molecule has 1 aromatic heterocycles. The Morgan fingerprint density at radius 1 is 1.54 bits per heavy atom. The van der Waals surface area contributed by atoms with Crippen LogP contribution >= 0.6 is 45.8 Å². The van der Waals surface area contributed by atoms with Gasteiger partial charge in [-0.1, -0.05) is 11.6 Å². The number of aromatic nitrogens is 1. The number of rotatable bonds is 2. The summed E-state index contributed by atoms with van der Waals surface area (Å²) in [6.07, 6.45) is -2.60. The highest BCUT2D eigenvalue weighted by Crippen LogP contribution is 2.26. The van der Waals surface area contributed by atoms with E-state index in [9.17, 15) is 8.78 Å². The average molecular weight is 338 g/mol. The molecular formula is C7H4Cl2F2IN. The minimum absolute atomic E-state index is 0.0530. The molecule has 0 amide bonds. The predicted octanol–water partition coefficient (Wildman–Crippen LogP) is 4.02. The van der Waals surface area contributed by atoms with Gasteiger partial charge in [-0.2, -0.15) is 0 Å². The molecule has 1 aromatic rings. The van der Waals surface area contributed by atoms with E-state index in [1.165, 1.54) is 6.07 Å². The molecule has 1 heterocycles. The third-order valence-electron chi connectivity index (χ3n) is 1.40. The summed E-state index contributed by atoms with van der Waals surface area (Å²) in [5, 5.41) is 0.0530. The summed E-state index contributed by atoms with van der Waals surface area (Å²) in [7, 11) is 0. The lowest BCUT2D eigenvalue weighted by molar-refractivity contribution is 0.146. The number of hydrogen-bond donors (Lipinski definition) is 0. The minimum atomic E-state index is -2.60. The highest BCUT2D eigenvalue weighted by atomic mass is 127. The maximum absolute atomic E-state index is 12.2. The van der Waals surface area contributed by atoms with E-state index in [0.29, 0.717) is 9.13 Å². The molecule has 0 aliphatic heterocycles. The Morgan fingerprint density at radius 3 is 2.54 bits per heavy atom. The van der Waals surface area contributed by atoms with Crippen molar-refractivity contribution in [3.63, 3.8) is 0 Å². The SMILES string of the molecule is FC(F)c1cc(I)c(CCl)c(Cl)n1. The maximum atomic E-state index is 12.2. The molecule has 0 atom stereocenters. The molecule has 0 saturated heterocycles. The third-order valence-corrected chi connectivity index (χ3v) is 2.94. The van der Waals surface area contributed by atoms with Gasteiger partial charge in [0.05, 0.1) is 5.88 Å². The van der Waals surface area contributed by atoms with Crippen LogP contribution in [0, 0.1) is 3.57 Å². The van der Waals surface area contributed by atoms with Crippen molar-refractivity contribution in [1.82, 2.24) is 4.98 Å². The van der Waals surface area contributed by atoms with E-state index >= 15 is 0 Å². The molecule has 0 aliphatic carbocycles. The zero-order valence-corrected chi connectivity index (χ0v) is 9.87. The molecule has 0 fully saturated rings. The number of nitrogens with zero attached hydrogens (tertiary/aromatic N) is 1. The van der Waals surface area contributed by atoms with Crippen LogP contribution in [-0.4, -0.2) is 4.98 Å². The van der Waals surface area contributed by atoms with Crippen molar-refractivity contribution in [3.8, 4) is 0 Å². The maximum Gasteiger partial charge on any atom is 0.280 e. The van der Waals surface area contributed by atoms with Crippen LogP contribution in [0.2, 0.25) is 5.15 Å². The van der Waals surface area contributed by atoms with Crippen LogP contribution in [-0.2, 0) is 5.88 Å². The Balaban J connectivity index is 3.20. The van der Waals surface area contributed by atoms with Gasteiger partial charge in [0.2, 0.25) is 0 Å². The van der Waals surface area contributed by atoms with E-state index in [-0.39, 0.29) is 16.7 Å². The molecule has 0 aliphatic rings. The highest BCUT2D eigenvalue weighted by Gasteiger charge is 2.14. The molecule has 0 bridgehead atoms. The first-order valence-electron chi connectivity index (χ1n) is 3.25. The molecule has 0 aromatic carbocycles. The van der Waals surface area contributed by atoms with Gasteiger partial charge in [-0.05, 0) is 28.7 Å². The van der Waals surface area contributed by atoms with Gasteiger partial charge in [0.1, 0.15) is 10.8 Å². The molecule has 0 radical (unpaired) electrons. The number of alkyl halides is 3. The average Bonchev–Trinajstić information content (AvgIpc) is 2.03. The van der Waals surface area contributed by atoms with Crippen molar-refractivity contribution in [2.24, 2.45) is 0 Å². The monoisotopic (exact) mass is 337 g/mol. The summed E-state index contributed by atoms with van der Waals surface area (Å²) in [6, 6.07) is 1.29. The van der Waals surface area contributed by atoms with Crippen molar-refractivity contribution in [2.75, 3.05) is 0 Å². The second-order valence-corrected chi connectivity index (χ2v) is 4.02. The summed E-state index contributed by atoms with van der Waals surface area (Å²) >= 11 is 13.1. The summed E-state index contributed by atoms with van der Waals surface area (Å²) in [5.41, 5.74) is 0.275. The second kappa shape index (κ2) is 4.70. The zero-order valence-electron chi connectivity index (χ0n) is 6.20. The van der Waals surface area contributed by atoms with Gasteiger partial charge in [-0.3, -0.25) is 0 Å². The van der Waals surface area contributed by atoms with Crippen molar-refractivity contribution >= 4 is 45.8 Å². The number of pyridine rings is 1. The summed E-state index contributed by atoms with van der Waals surface area (Å²) in [5.74, 6) is 0.174. The quantitative estimate of drug-likeness (QED) is 0.451. The summed E-state index contributed by atoms with van der Waals surface area (Å²) in [4.78, 5) is 3.53. The van der Waals surface area contributed by atoms with Crippen molar-refractivity contribution < 1.29 is 8.78 Å². The van der Waals surface area contributed by atoms with Crippen molar-refractivity contribution in [1.29, 1.82) is 0 Å². The first-order chi connectivity index (χ1) is 6.06. The fourth-order valence-electron chi connectivity index (χ4n) is 0.759. The van der Waals surface area contributed by atoms with Crippen molar-refractivity contribution in [3.05, 3.63) is 26.0 Å². The minimum Gasteiger partial charge on any atom is -0.235 e. The Labute approximate surface area is 97.6 Å².